The maximum Gasteiger partial charge on any atom is 0.351 e. The molecule has 0 aliphatic carbocycles. The van der Waals surface area contributed by atoms with Gasteiger partial charge in [0.2, 0.25) is 5.69 Å². The number of carbonyl (C=O) groups is 1. The zero-order valence-electron chi connectivity index (χ0n) is 13.1. The quantitative estimate of drug-likeness (QED) is 0.775. The number of nitrogens with zero attached hydrogens (tertiary/aromatic N) is 3. The second-order valence-corrected chi connectivity index (χ2v) is 5.64. The number of aromatic nitrogens is 3. The normalized spacial score (nSPS) is 10.5. The van der Waals surface area contributed by atoms with E-state index in [0.717, 1.165) is 9.25 Å². The Morgan fingerprint density at radius 3 is 2.48 bits per heavy atom. The predicted octanol–water partition coefficient (Wildman–Crippen LogP) is 1.84. The van der Waals surface area contributed by atoms with Gasteiger partial charge in [-0.05, 0) is 30.3 Å². The molecule has 126 valence electrons. The third kappa shape index (κ3) is 3.36. The van der Waals surface area contributed by atoms with Gasteiger partial charge in [0.25, 0.3) is 11.5 Å². The molecule has 8 heteroatoms. The van der Waals surface area contributed by atoms with Crippen LogP contribution in [0.25, 0.3) is 5.69 Å². The van der Waals surface area contributed by atoms with Gasteiger partial charge in [0.1, 0.15) is 0 Å². The van der Waals surface area contributed by atoms with Gasteiger partial charge in [-0.15, -0.1) is 0 Å². The van der Waals surface area contributed by atoms with Gasteiger partial charge >= 0.3 is 5.69 Å². The minimum absolute atomic E-state index is 0.397. The van der Waals surface area contributed by atoms with Crippen molar-refractivity contribution in [1.82, 2.24) is 14.3 Å². The van der Waals surface area contributed by atoms with Gasteiger partial charge < -0.3 is 5.32 Å². The van der Waals surface area contributed by atoms with E-state index < -0.39 is 22.9 Å². The van der Waals surface area contributed by atoms with Crippen molar-refractivity contribution in [3.63, 3.8) is 0 Å². The van der Waals surface area contributed by atoms with Crippen LogP contribution < -0.4 is 16.6 Å². The molecule has 0 spiro atoms. The largest absolute Gasteiger partial charge is 0.351 e. The van der Waals surface area contributed by atoms with Gasteiger partial charge in [0, 0.05) is 17.8 Å². The van der Waals surface area contributed by atoms with Crippen LogP contribution in [-0.4, -0.2) is 20.3 Å². The molecule has 0 atom stereocenters. The second-order valence-electron chi connectivity index (χ2n) is 5.21. The third-order valence-electron chi connectivity index (χ3n) is 3.47. The van der Waals surface area contributed by atoms with Crippen LogP contribution in [0.2, 0.25) is 5.02 Å². The van der Waals surface area contributed by atoms with Crippen LogP contribution in [0.4, 0.5) is 5.69 Å². The number of amides is 1. The van der Waals surface area contributed by atoms with Crippen LogP contribution >= 0.6 is 11.6 Å². The first-order valence-corrected chi connectivity index (χ1v) is 7.68. The van der Waals surface area contributed by atoms with Crippen LogP contribution in [0.15, 0.2) is 64.2 Å². The molecule has 2 aromatic carbocycles. The molecule has 0 aliphatic heterocycles. The summed E-state index contributed by atoms with van der Waals surface area (Å²) in [7, 11) is 1.29. The van der Waals surface area contributed by atoms with Gasteiger partial charge in [0.05, 0.1) is 5.69 Å². The molecule has 0 aliphatic rings. The Balaban J connectivity index is 2.07. The van der Waals surface area contributed by atoms with E-state index in [0.29, 0.717) is 16.4 Å². The van der Waals surface area contributed by atoms with Crippen molar-refractivity contribution >= 4 is 23.2 Å². The Bertz CT molecular complexity index is 1060. The van der Waals surface area contributed by atoms with Crippen LogP contribution in [0.5, 0.6) is 0 Å². The monoisotopic (exact) mass is 356 g/mol. The van der Waals surface area contributed by atoms with E-state index in [1.54, 1.807) is 48.5 Å². The standard InChI is InChI=1S/C17H13ClN4O3/c1-21-16(24)14(15(23)19-12-7-5-6-11(18)10-12)20-22(17(21)25)13-8-3-2-4-9-13/h2-10H,1H3,(H,19,23). The van der Waals surface area contributed by atoms with Crippen LogP contribution in [0.1, 0.15) is 10.5 Å². The van der Waals surface area contributed by atoms with Crippen molar-refractivity contribution in [2.24, 2.45) is 7.05 Å². The molecule has 0 fully saturated rings. The molecule has 1 N–H and O–H groups in total. The number of nitrogens with one attached hydrogen (secondary N) is 1. The highest BCUT2D eigenvalue weighted by molar-refractivity contribution is 6.30. The molecule has 25 heavy (non-hydrogen) atoms. The predicted molar refractivity (Wildman–Crippen MR) is 94.5 cm³/mol. The van der Waals surface area contributed by atoms with Gasteiger partial charge in [-0.25, -0.2) is 4.79 Å². The summed E-state index contributed by atoms with van der Waals surface area (Å²) in [5, 5.41) is 6.94. The Morgan fingerprint density at radius 2 is 1.80 bits per heavy atom. The SMILES string of the molecule is Cn1c(=O)c(C(=O)Nc2cccc(Cl)c2)nn(-c2ccccc2)c1=O. The van der Waals surface area contributed by atoms with Crippen molar-refractivity contribution in [3.05, 3.63) is 86.2 Å². The summed E-state index contributed by atoms with van der Waals surface area (Å²) in [6.07, 6.45) is 0. The Labute approximate surface area is 147 Å². The van der Waals surface area contributed by atoms with Crippen molar-refractivity contribution in [2.75, 3.05) is 5.32 Å². The minimum Gasteiger partial charge on any atom is -0.320 e. The van der Waals surface area contributed by atoms with E-state index in [2.05, 4.69) is 10.4 Å². The summed E-state index contributed by atoms with van der Waals surface area (Å²) in [5.74, 6) is -0.729. The van der Waals surface area contributed by atoms with Gasteiger partial charge in [-0.2, -0.15) is 9.78 Å². The van der Waals surface area contributed by atoms with E-state index in [9.17, 15) is 14.4 Å². The van der Waals surface area contributed by atoms with Crippen molar-refractivity contribution < 1.29 is 4.79 Å². The molecule has 3 aromatic rings. The number of rotatable bonds is 3. The Kier molecular flexibility index (Phi) is 4.49. The summed E-state index contributed by atoms with van der Waals surface area (Å²) >= 11 is 5.88. The molecule has 1 amide bonds. The fraction of sp³-hybridized carbons (Fsp3) is 0.0588. The highest BCUT2D eigenvalue weighted by Gasteiger charge is 2.18. The minimum atomic E-state index is -0.781. The zero-order chi connectivity index (χ0) is 18.0. The first kappa shape index (κ1) is 16.7. The van der Waals surface area contributed by atoms with E-state index in [-0.39, 0.29) is 0 Å². The van der Waals surface area contributed by atoms with E-state index in [1.807, 2.05) is 0 Å². The topological polar surface area (TPSA) is 86.0 Å². The second kappa shape index (κ2) is 6.74. The summed E-state index contributed by atoms with van der Waals surface area (Å²) < 4.78 is 1.85. The highest BCUT2D eigenvalue weighted by Crippen LogP contribution is 2.15. The fourth-order valence-corrected chi connectivity index (χ4v) is 2.40. The first-order chi connectivity index (χ1) is 12.0. The van der Waals surface area contributed by atoms with Crippen LogP contribution in [0, 0.1) is 0 Å². The van der Waals surface area contributed by atoms with Gasteiger partial charge in [-0.3, -0.25) is 14.2 Å². The number of para-hydroxylation sites is 1. The van der Waals surface area contributed by atoms with Crippen molar-refractivity contribution in [2.45, 2.75) is 0 Å². The maximum absolute atomic E-state index is 12.4. The average Bonchev–Trinajstić information content (AvgIpc) is 2.60. The molecule has 0 bridgehead atoms. The zero-order valence-corrected chi connectivity index (χ0v) is 13.9. The number of carbonyl (C=O) groups excluding carboxylic acids is 1. The molecule has 1 heterocycles. The number of halogens is 1. The molecule has 7 nitrogen and oxygen atoms in total. The maximum atomic E-state index is 12.4. The third-order valence-corrected chi connectivity index (χ3v) is 3.71. The lowest BCUT2D eigenvalue weighted by molar-refractivity contribution is 0.101. The number of benzene rings is 2. The summed E-state index contributed by atoms with van der Waals surface area (Å²) in [5.41, 5.74) is -0.961. The lowest BCUT2D eigenvalue weighted by Crippen LogP contribution is -2.43. The lowest BCUT2D eigenvalue weighted by atomic mass is 10.3. The molecule has 0 saturated heterocycles. The van der Waals surface area contributed by atoms with Crippen LogP contribution in [0.3, 0.4) is 0 Å². The van der Waals surface area contributed by atoms with E-state index in [1.165, 1.54) is 13.1 Å². The molecule has 0 saturated carbocycles. The van der Waals surface area contributed by atoms with Crippen LogP contribution in [-0.2, 0) is 7.05 Å². The molecular weight excluding hydrogens is 344 g/mol. The molecule has 1 aromatic heterocycles. The molecule has 0 unspecified atom stereocenters. The first-order valence-electron chi connectivity index (χ1n) is 7.30. The smallest absolute Gasteiger partial charge is 0.320 e. The fourth-order valence-electron chi connectivity index (χ4n) is 2.21. The average molecular weight is 357 g/mol. The Morgan fingerprint density at radius 1 is 1.08 bits per heavy atom. The summed E-state index contributed by atoms with van der Waals surface area (Å²) in [4.78, 5) is 37.0. The van der Waals surface area contributed by atoms with Crippen molar-refractivity contribution in [3.8, 4) is 5.69 Å². The number of hydrogen-bond donors (Lipinski definition) is 1. The highest BCUT2D eigenvalue weighted by atomic mass is 35.5. The van der Waals surface area contributed by atoms with E-state index in [4.69, 9.17) is 11.6 Å². The van der Waals surface area contributed by atoms with E-state index >= 15 is 0 Å². The summed E-state index contributed by atoms with van der Waals surface area (Å²) in [6, 6.07) is 15.0. The Hall–Kier alpha value is -3.19. The number of hydrogen-bond acceptors (Lipinski definition) is 4. The lowest BCUT2D eigenvalue weighted by Gasteiger charge is -2.09. The van der Waals surface area contributed by atoms with Crippen molar-refractivity contribution in [1.29, 1.82) is 0 Å². The molecule has 3 rings (SSSR count). The summed E-state index contributed by atoms with van der Waals surface area (Å²) in [6.45, 7) is 0. The van der Waals surface area contributed by atoms with Gasteiger partial charge in [0.15, 0.2) is 0 Å². The number of anilines is 1. The molecule has 0 radical (unpaired) electrons. The molecular formula is C17H13ClN4O3. The van der Waals surface area contributed by atoms with Gasteiger partial charge in [-0.1, -0.05) is 35.9 Å².